The number of allylic oxidation sites excluding steroid dienone is 4. The van der Waals surface area contributed by atoms with Gasteiger partial charge in [-0.2, -0.15) is 0 Å². The topological polar surface area (TPSA) is 17.8 Å². The first-order valence-electron chi connectivity index (χ1n) is 16.3. The molecule has 222 valence electrons. The van der Waals surface area contributed by atoms with Gasteiger partial charge in [-0.1, -0.05) is 149 Å². The first-order chi connectivity index (χ1) is 23.2. The van der Waals surface area contributed by atoms with Crippen molar-refractivity contribution in [2.24, 2.45) is 5.92 Å². The zero-order chi connectivity index (χ0) is 31.1. The van der Waals surface area contributed by atoms with Gasteiger partial charge in [-0.15, -0.1) is 0 Å². The fourth-order valence-electron chi connectivity index (χ4n) is 8.77. The quantitative estimate of drug-likeness (QED) is 0.184. The van der Waals surface area contributed by atoms with Gasteiger partial charge in [0, 0.05) is 21.7 Å². The Bertz CT molecular complexity index is 2450. The van der Waals surface area contributed by atoms with Crippen molar-refractivity contribution >= 4 is 32.5 Å². The summed E-state index contributed by atoms with van der Waals surface area (Å²) in [5.41, 5.74) is 16.3. The zero-order valence-electron chi connectivity index (χ0n) is 25.6. The predicted molar refractivity (Wildman–Crippen MR) is 197 cm³/mol. The largest absolute Gasteiger partial charge is 0.292 e. The van der Waals surface area contributed by atoms with Crippen molar-refractivity contribution in [1.82, 2.24) is 9.55 Å². The van der Waals surface area contributed by atoms with Gasteiger partial charge < -0.3 is 0 Å². The molecule has 10 rings (SSSR count). The molecule has 0 bridgehead atoms. The highest BCUT2D eigenvalue weighted by molar-refractivity contribution is 9.12. The molecular formula is C44H29BrN2. The van der Waals surface area contributed by atoms with E-state index in [-0.39, 0.29) is 5.41 Å². The maximum Gasteiger partial charge on any atom is 0.145 e. The van der Waals surface area contributed by atoms with E-state index < -0.39 is 0 Å². The number of nitrogens with zero attached hydrogens (tertiary/aromatic N) is 2. The lowest BCUT2D eigenvalue weighted by Crippen LogP contribution is -2.32. The molecule has 1 spiro atoms. The Morgan fingerprint density at radius 1 is 0.596 bits per heavy atom. The van der Waals surface area contributed by atoms with Crippen LogP contribution in [0.15, 0.2) is 162 Å². The minimum atomic E-state index is -0.238. The molecule has 3 aliphatic carbocycles. The first-order valence-corrected chi connectivity index (χ1v) is 17.1. The van der Waals surface area contributed by atoms with Gasteiger partial charge in [0.25, 0.3) is 0 Å². The number of hydrogen-bond donors (Lipinski definition) is 0. The Morgan fingerprint density at radius 2 is 1.26 bits per heavy atom. The van der Waals surface area contributed by atoms with E-state index in [2.05, 4.69) is 178 Å². The SMILES string of the molecule is BrC1=C2c3ccccc3C3(c4ccccc4-c4c(-c5ccc(-n6c(-c7ccccc7)nc7ccccc76)cc5)cccc43)C2CC=C1. The summed E-state index contributed by atoms with van der Waals surface area (Å²) in [7, 11) is 0. The molecule has 47 heavy (non-hydrogen) atoms. The predicted octanol–water partition coefficient (Wildman–Crippen LogP) is 11.4. The smallest absolute Gasteiger partial charge is 0.145 e. The number of halogens is 1. The Labute approximate surface area is 282 Å². The van der Waals surface area contributed by atoms with Crippen LogP contribution in [0.1, 0.15) is 28.7 Å². The minimum absolute atomic E-state index is 0.238. The van der Waals surface area contributed by atoms with E-state index in [0.29, 0.717) is 5.92 Å². The van der Waals surface area contributed by atoms with Crippen molar-refractivity contribution < 1.29 is 0 Å². The number of rotatable bonds is 3. The van der Waals surface area contributed by atoms with Crippen LogP contribution in [-0.4, -0.2) is 9.55 Å². The monoisotopic (exact) mass is 664 g/mol. The standard InChI is InChI=1S/C44H29BrN2/c45-38-21-11-20-37-42(38)33-15-5-7-18-35(33)44(37)34-17-6-4-14-32(34)41-31(16-10-19-36(41)44)28-24-26-30(27-25-28)47-40-23-9-8-22-39(40)46-43(47)29-12-2-1-3-13-29/h1-19,21-27,37H,20H2. The maximum absolute atomic E-state index is 5.06. The number of para-hydroxylation sites is 2. The van der Waals surface area contributed by atoms with Crippen molar-refractivity contribution in [2.45, 2.75) is 11.8 Å². The minimum Gasteiger partial charge on any atom is -0.292 e. The lowest BCUT2D eigenvalue weighted by Gasteiger charge is -2.36. The number of benzene rings is 6. The molecule has 0 radical (unpaired) electrons. The second-order valence-corrected chi connectivity index (χ2v) is 13.6. The average Bonchev–Trinajstić information content (AvgIpc) is 3.77. The van der Waals surface area contributed by atoms with Gasteiger partial charge in [0.2, 0.25) is 0 Å². The lowest BCUT2D eigenvalue weighted by atomic mass is 9.65. The summed E-state index contributed by atoms with van der Waals surface area (Å²) < 4.78 is 3.49. The highest BCUT2D eigenvalue weighted by Gasteiger charge is 2.56. The molecule has 0 aliphatic heterocycles. The lowest BCUT2D eigenvalue weighted by molar-refractivity contribution is 0.494. The summed E-state index contributed by atoms with van der Waals surface area (Å²) in [6.07, 6.45) is 5.60. The van der Waals surface area contributed by atoms with Crippen LogP contribution in [0.5, 0.6) is 0 Å². The molecule has 1 aromatic heterocycles. The van der Waals surface area contributed by atoms with E-state index in [9.17, 15) is 0 Å². The number of fused-ring (bicyclic) bond motifs is 11. The van der Waals surface area contributed by atoms with Crippen LogP contribution in [0.3, 0.4) is 0 Å². The van der Waals surface area contributed by atoms with Gasteiger partial charge in [-0.05, 0) is 80.8 Å². The first kappa shape index (κ1) is 26.9. The van der Waals surface area contributed by atoms with Crippen molar-refractivity contribution in [1.29, 1.82) is 0 Å². The van der Waals surface area contributed by atoms with E-state index in [1.54, 1.807) is 0 Å². The van der Waals surface area contributed by atoms with E-state index >= 15 is 0 Å². The second kappa shape index (κ2) is 10.1. The van der Waals surface area contributed by atoms with Gasteiger partial charge in [-0.3, -0.25) is 4.57 Å². The second-order valence-electron chi connectivity index (χ2n) is 12.8. The molecule has 3 heteroatoms. The molecule has 6 aromatic carbocycles. The van der Waals surface area contributed by atoms with Crippen LogP contribution < -0.4 is 0 Å². The van der Waals surface area contributed by atoms with Gasteiger partial charge >= 0.3 is 0 Å². The Morgan fingerprint density at radius 3 is 2.09 bits per heavy atom. The molecule has 2 atom stereocenters. The van der Waals surface area contributed by atoms with Crippen LogP contribution in [0.25, 0.3) is 55.9 Å². The third-order valence-corrected chi connectivity index (χ3v) is 11.2. The molecule has 1 heterocycles. The number of hydrogen-bond acceptors (Lipinski definition) is 1. The Kier molecular flexibility index (Phi) is 5.80. The van der Waals surface area contributed by atoms with Gasteiger partial charge in [0.15, 0.2) is 0 Å². The average molecular weight is 666 g/mol. The van der Waals surface area contributed by atoms with Crippen LogP contribution in [0.2, 0.25) is 0 Å². The molecule has 0 fully saturated rings. The molecule has 0 N–H and O–H groups in total. The molecule has 0 amide bonds. The van der Waals surface area contributed by atoms with Crippen molar-refractivity contribution in [2.75, 3.05) is 0 Å². The fraction of sp³-hybridized carbons (Fsp3) is 0.0682. The zero-order valence-corrected chi connectivity index (χ0v) is 27.2. The Balaban J connectivity index is 1.17. The van der Waals surface area contributed by atoms with Crippen LogP contribution in [0.4, 0.5) is 0 Å². The summed E-state index contributed by atoms with van der Waals surface area (Å²) in [4.78, 5) is 5.06. The summed E-state index contributed by atoms with van der Waals surface area (Å²) >= 11 is 3.97. The fourth-order valence-corrected chi connectivity index (χ4v) is 9.44. The van der Waals surface area contributed by atoms with E-state index in [4.69, 9.17) is 4.98 Å². The summed E-state index contributed by atoms with van der Waals surface area (Å²) in [6, 6.07) is 53.1. The maximum atomic E-state index is 5.06. The normalized spacial score (nSPS) is 18.8. The van der Waals surface area contributed by atoms with Crippen molar-refractivity contribution in [3.63, 3.8) is 0 Å². The molecule has 2 nitrogen and oxygen atoms in total. The molecule has 0 saturated carbocycles. The molecular weight excluding hydrogens is 636 g/mol. The molecule has 7 aromatic rings. The van der Waals surface area contributed by atoms with Crippen LogP contribution in [0, 0.1) is 5.92 Å². The van der Waals surface area contributed by atoms with Crippen molar-refractivity contribution in [3.05, 3.63) is 184 Å². The summed E-state index contributed by atoms with van der Waals surface area (Å²) in [5, 5.41) is 0. The third-order valence-electron chi connectivity index (χ3n) is 10.5. The van der Waals surface area contributed by atoms with Crippen molar-refractivity contribution in [3.8, 4) is 39.3 Å². The third kappa shape index (κ3) is 3.63. The number of imidazole rings is 1. The molecule has 0 saturated heterocycles. The van der Waals surface area contributed by atoms with E-state index in [1.165, 1.54) is 54.6 Å². The highest BCUT2D eigenvalue weighted by Crippen LogP contribution is 2.67. The van der Waals surface area contributed by atoms with Gasteiger partial charge in [-0.25, -0.2) is 4.98 Å². The van der Waals surface area contributed by atoms with E-state index in [0.717, 1.165) is 34.5 Å². The Hall–Kier alpha value is -5.25. The number of aromatic nitrogens is 2. The van der Waals surface area contributed by atoms with Crippen LogP contribution in [-0.2, 0) is 5.41 Å². The van der Waals surface area contributed by atoms with Gasteiger partial charge in [0.1, 0.15) is 5.82 Å². The molecule has 2 unspecified atom stereocenters. The highest BCUT2D eigenvalue weighted by atomic mass is 79.9. The molecule has 3 aliphatic rings. The van der Waals surface area contributed by atoms with E-state index in [1.807, 2.05) is 0 Å². The summed E-state index contributed by atoms with van der Waals surface area (Å²) in [6.45, 7) is 0. The van der Waals surface area contributed by atoms with Gasteiger partial charge in [0.05, 0.1) is 16.4 Å². The summed E-state index contributed by atoms with van der Waals surface area (Å²) in [5.74, 6) is 1.28. The van der Waals surface area contributed by atoms with Crippen LogP contribution >= 0.6 is 15.9 Å².